The van der Waals surface area contributed by atoms with Crippen LogP contribution in [0.5, 0.6) is 0 Å². The van der Waals surface area contributed by atoms with Gasteiger partial charge in [0.05, 0.1) is 0 Å². The lowest BCUT2D eigenvalue weighted by Gasteiger charge is -1.94. The topological polar surface area (TPSA) is 0 Å². The van der Waals surface area contributed by atoms with Crippen LogP contribution >= 0.6 is 0 Å². The standard InChI is InChI=1S/C6H12/c1-4-5-6(2)3/h6H,4H2,1-3H3. The molecule has 0 N–H and O–H groups in total. The Hall–Kier alpha value is 0. The van der Waals surface area contributed by atoms with Crippen LogP contribution in [0.2, 0.25) is 0 Å². The second-order valence-corrected chi connectivity index (χ2v) is 1.71. The Morgan fingerprint density at radius 3 is 2.00 bits per heavy atom. The van der Waals surface area contributed by atoms with Crippen molar-refractivity contribution < 1.29 is 0 Å². The molecule has 0 aliphatic heterocycles. The first-order chi connectivity index (χ1) is 2.77. The molecule has 0 saturated carbocycles. The molecule has 0 aromatic heterocycles. The Morgan fingerprint density at radius 2 is 2.00 bits per heavy atom. The smallest absolute Gasteiger partial charge is 0.0148 e. The van der Waals surface area contributed by atoms with E-state index >= 15 is 0 Å². The molecule has 0 rings (SSSR count). The molecular weight excluding hydrogens is 72.1 g/mol. The molecule has 0 amide bonds. The average Bonchev–Trinajstić information content (AvgIpc) is 1.35. The van der Waals surface area contributed by atoms with E-state index in [4.69, 9.17) is 0 Å². The van der Waals surface area contributed by atoms with Crippen LogP contribution in [0, 0.1) is 12.3 Å². The zero-order chi connectivity index (χ0) is 4.99. The highest BCUT2D eigenvalue weighted by atomic mass is 13.9. The molecule has 0 aromatic carbocycles. The van der Waals surface area contributed by atoms with Gasteiger partial charge in [0.2, 0.25) is 0 Å². The third kappa shape index (κ3) is 4.00. The minimum atomic E-state index is 0.648. The van der Waals surface area contributed by atoms with E-state index in [1.165, 1.54) is 0 Å². The largest absolute Gasteiger partial charge is 0.0648 e. The first-order valence-electron chi connectivity index (χ1n) is 2.50. The fourth-order valence-corrected chi connectivity index (χ4v) is 0.408. The van der Waals surface area contributed by atoms with E-state index in [1.807, 2.05) is 0 Å². The lowest BCUT2D eigenvalue weighted by Crippen LogP contribution is -1.83. The molecule has 0 bridgehead atoms. The summed E-state index contributed by atoms with van der Waals surface area (Å²) in [5.41, 5.74) is 0. The van der Waals surface area contributed by atoms with Gasteiger partial charge < -0.3 is 0 Å². The summed E-state index contributed by atoms with van der Waals surface area (Å²) in [6.45, 7) is 6.40. The van der Waals surface area contributed by atoms with Crippen molar-refractivity contribution in [2.45, 2.75) is 27.2 Å². The number of hydrogen-bond donors (Lipinski definition) is 0. The second-order valence-electron chi connectivity index (χ2n) is 1.71. The first-order valence-corrected chi connectivity index (χ1v) is 2.50. The van der Waals surface area contributed by atoms with Crippen LogP contribution in [0.4, 0.5) is 0 Å². The Balaban J connectivity index is 2.63. The SMILES string of the molecule is CC[C]C(C)C. The fourth-order valence-electron chi connectivity index (χ4n) is 0.408. The first kappa shape index (κ1) is 6.00. The Bertz CT molecular complexity index is 21.2. The lowest BCUT2D eigenvalue weighted by molar-refractivity contribution is 0.723. The van der Waals surface area contributed by atoms with Gasteiger partial charge in [0.1, 0.15) is 0 Å². The van der Waals surface area contributed by atoms with E-state index in [2.05, 4.69) is 27.2 Å². The molecule has 0 heterocycles. The maximum atomic E-state index is 3.21. The van der Waals surface area contributed by atoms with Crippen molar-refractivity contribution >= 4 is 0 Å². The normalized spacial score (nSPS) is 10.0. The molecular formula is C6H12. The van der Waals surface area contributed by atoms with E-state index in [0.717, 1.165) is 6.42 Å². The van der Waals surface area contributed by atoms with Crippen LogP contribution in [0.25, 0.3) is 0 Å². The van der Waals surface area contributed by atoms with Crippen LogP contribution in [-0.4, -0.2) is 0 Å². The van der Waals surface area contributed by atoms with Gasteiger partial charge in [-0.1, -0.05) is 20.8 Å². The summed E-state index contributed by atoms with van der Waals surface area (Å²) in [6, 6.07) is 0. The minimum Gasteiger partial charge on any atom is -0.0648 e. The molecule has 0 aliphatic carbocycles. The molecule has 0 heteroatoms. The zero-order valence-corrected chi connectivity index (χ0v) is 4.78. The van der Waals surface area contributed by atoms with Crippen molar-refractivity contribution in [1.82, 2.24) is 0 Å². The fraction of sp³-hybridized carbons (Fsp3) is 0.833. The van der Waals surface area contributed by atoms with Gasteiger partial charge in [-0.2, -0.15) is 0 Å². The molecule has 36 valence electrons. The second kappa shape index (κ2) is 3.20. The minimum absolute atomic E-state index is 0.648. The molecule has 0 nitrogen and oxygen atoms in total. The predicted octanol–water partition coefficient (Wildman–Crippen LogP) is 2.13. The highest BCUT2D eigenvalue weighted by Crippen LogP contribution is 1.98. The summed E-state index contributed by atoms with van der Waals surface area (Å²) in [5.74, 6) is 0.648. The van der Waals surface area contributed by atoms with Crippen LogP contribution in [0.1, 0.15) is 27.2 Å². The molecule has 0 unspecified atom stereocenters. The Morgan fingerprint density at radius 1 is 1.50 bits per heavy atom. The Kier molecular flexibility index (Phi) is 3.20. The number of hydrogen-bond acceptors (Lipinski definition) is 0. The predicted molar refractivity (Wildman–Crippen MR) is 28.4 cm³/mol. The van der Waals surface area contributed by atoms with Gasteiger partial charge in [-0.05, 0) is 18.8 Å². The van der Waals surface area contributed by atoms with Gasteiger partial charge in [0.25, 0.3) is 0 Å². The third-order valence-electron chi connectivity index (χ3n) is 0.612. The van der Waals surface area contributed by atoms with E-state index in [1.54, 1.807) is 0 Å². The van der Waals surface area contributed by atoms with Crippen molar-refractivity contribution in [3.63, 3.8) is 0 Å². The summed E-state index contributed by atoms with van der Waals surface area (Å²) >= 11 is 0. The summed E-state index contributed by atoms with van der Waals surface area (Å²) in [7, 11) is 0. The van der Waals surface area contributed by atoms with Gasteiger partial charge in [0, 0.05) is 0 Å². The van der Waals surface area contributed by atoms with Gasteiger partial charge in [-0.15, -0.1) is 0 Å². The molecule has 0 atom stereocenters. The molecule has 0 spiro atoms. The molecule has 6 heavy (non-hydrogen) atoms. The van der Waals surface area contributed by atoms with E-state index in [9.17, 15) is 0 Å². The molecule has 0 aliphatic rings. The highest BCUT2D eigenvalue weighted by Gasteiger charge is 1.86. The summed E-state index contributed by atoms with van der Waals surface area (Å²) in [6.07, 6.45) is 4.29. The third-order valence-corrected chi connectivity index (χ3v) is 0.612. The quantitative estimate of drug-likeness (QED) is 0.481. The average molecular weight is 84.2 g/mol. The van der Waals surface area contributed by atoms with Gasteiger partial charge in [0.15, 0.2) is 0 Å². The lowest BCUT2D eigenvalue weighted by atomic mass is 10.1. The maximum Gasteiger partial charge on any atom is -0.0148 e. The molecule has 0 aromatic rings. The summed E-state index contributed by atoms with van der Waals surface area (Å²) < 4.78 is 0. The van der Waals surface area contributed by atoms with Gasteiger partial charge in [-0.3, -0.25) is 0 Å². The van der Waals surface area contributed by atoms with Crippen LogP contribution in [0.3, 0.4) is 0 Å². The van der Waals surface area contributed by atoms with Crippen molar-refractivity contribution in [3.8, 4) is 0 Å². The highest BCUT2D eigenvalue weighted by molar-refractivity contribution is 4.64. The van der Waals surface area contributed by atoms with Crippen LogP contribution < -0.4 is 0 Å². The van der Waals surface area contributed by atoms with E-state index in [-0.39, 0.29) is 0 Å². The van der Waals surface area contributed by atoms with Crippen molar-refractivity contribution in [2.75, 3.05) is 0 Å². The molecule has 2 radical (unpaired) electrons. The van der Waals surface area contributed by atoms with Crippen molar-refractivity contribution in [3.05, 3.63) is 6.42 Å². The monoisotopic (exact) mass is 84.1 g/mol. The number of rotatable bonds is 2. The maximum absolute atomic E-state index is 3.21. The molecule has 0 fully saturated rings. The van der Waals surface area contributed by atoms with Gasteiger partial charge >= 0.3 is 0 Å². The van der Waals surface area contributed by atoms with Gasteiger partial charge in [-0.25, -0.2) is 0 Å². The van der Waals surface area contributed by atoms with E-state index < -0.39 is 0 Å². The summed E-state index contributed by atoms with van der Waals surface area (Å²) in [5, 5.41) is 0. The van der Waals surface area contributed by atoms with Crippen LogP contribution in [0.15, 0.2) is 0 Å². The van der Waals surface area contributed by atoms with Crippen molar-refractivity contribution in [1.29, 1.82) is 0 Å². The zero-order valence-electron chi connectivity index (χ0n) is 4.78. The van der Waals surface area contributed by atoms with Crippen LogP contribution in [-0.2, 0) is 0 Å². The van der Waals surface area contributed by atoms with Crippen molar-refractivity contribution in [2.24, 2.45) is 5.92 Å². The van der Waals surface area contributed by atoms with E-state index in [0.29, 0.717) is 5.92 Å². The summed E-state index contributed by atoms with van der Waals surface area (Å²) in [4.78, 5) is 0. The molecule has 0 saturated heterocycles. The Labute approximate surface area is 40.6 Å².